The smallest absolute Gasteiger partial charge is 0.405 e. The normalized spacial score (nSPS) is 16.1. The second kappa shape index (κ2) is 9.65. The van der Waals surface area contributed by atoms with Crippen molar-refractivity contribution in [3.63, 3.8) is 0 Å². The number of pyridine rings is 3. The average molecular weight is 588 g/mol. The van der Waals surface area contributed by atoms with Gasteiger partial charge in [-0.2, -0.15) is 13.2 Å². The number of aromatic nitrogens is 4. The lowest BCUT2D eigenvalue weighted by Crippen LogP contribution is -2.57. The Kier molecular flexibility index (Phi) is 6.29. The van der Waals surface area contributed by atoms with E-state index in [1.807, 2.05) is 0 Å². The Morgan fingerprint density at radius 3 is 2.62 bits per heavy atom. The summed E-state index contributed by atoms with van der Waals surface area (Å²) in [6.45, 7) is -0.538. The molecular formula is C27H22F5N7O3. The lowest BCUT2D eigenvalue weighted by molar-refractivity contribution is -0.155. The van der Waals surface area contributed by atoms with Crippen LogP contribution in [0.3, 0.4) is 0 Å². The van der Waals surface area contributed by atoms with Crippen molar-refractivity contribution in [1.29, 1.82) is 0 Å². The number of carboxylic acid groups (broad SMARTS) is 1. The minimum absolute atomic E-state index is 0.0473. The van der Waals surface area contributed by atoms with Gasteiger partial charge in [0.1, 0.15) is 22.9 Å². The highest BCUT2D eigenvalue weighted by Gasteiger charge is 2.43. The van der Waals surface area contributed by atoms with Gasteiger partial charge < -0.3 is 30.2 Å². The van der Waals surface area contributed by atoms with Gasteiger partial charge in [0, 0.05) is 69.5 Å². The van der Waals surface area contributed by atoms with E-state index in [-0.39, 0.29) is 68.6 Å². The van der Waals surface area contributed by atoms with Crippen molar-refractivity contribution in [3.8, 4) is 11.1 Å². The number of H-pyrrole nitrogens is 1. The van der Waals surface area contributed by atoms with E-state index in [2.05, 4.69) is 25.6 Å². The quantitative estimate of drug-likeness (QED) is 0.233. The van der Waals surface area contributed by atoms with Crippen LogP contribution in [0.2, 0.25) is 0 Å². The number of nitrogens with zero attached hydrogens (tertiary/aromatic N) is 4. The van der Waals surface area contributed by atoms with Crippen LogP contribution in [0.5, 0.6) is 0 Å². The highest BCUT2D eigenvalue weighted by atomic mass is 19.4. The minimum Gasteiger partial charge on any atom is -0.477 e. The molecule has 0 aliphatic carbocycles. The Balaban J connectivity index is 1.70. The molecule has 0 amide bonds. The van der Waals surface area contributed by atoms with Gasteiger partial charge in [-0.05, 0) is 6.07 Å². The predicted molar refractivity (Wildman–Crippen MR) is 146 cm³/mol. The number of fused-ring (bicyclic) bond motifs is 4. The zero-order chi connectivity index (χ0) is 30.1. The van der Waals surface area contributed by atoms with Gasteiger partial charge in [-0.25, -0.2) is 23.5 Å². The van der Waals surface area contributed by atoms with Crippen LogP contribution in [0.15, 0.2) is 35.5 Å². The van der Waals surface area contributed by atoms with Gasteiger partial charge in [0.25, 0.3) is 0 Å². The topological polar surface area (TPSA) is 128 Å². The maximum Gasteiger partial charge on any atom is 0.405 e. The van der Waals surface area contributed by atoms with Gasteiger partial charge in [0.15, 0.2) is 11.6 Å². The number of aromatic carboxylic acids is 1. The van der Waals surface area contributed by atoms with Crippen LogP contribution in [-0.4, -0.2) is 69.5 Å². The summed E-state index contributed by atoms with van der Waals surface area (Å²) in [5.74, 6) is -3.83. The van der Waals surface area contributed by atoms with Crippen molar-refractivity contribution < 1.29 is 31.9 Å². The van der Waals surface area contributed by atoms with Gasteiger partial charge >= 0.3 is 12.1 Å². The number of piperazine rings is 1. The maximum atomic E-state index is 15.5. The standard InChI is InChI=1S/C27H22F5N7O3/c1-33-16-6-15(28)20(29)18-19-22(39-4-3-34-17(10-39)27(30,31)32)13(8-35-24(19)37-21(16)18)11-5-12-23(40)14(26(41)42)9-38(2)25(12)36-7-11/h5-9,17,33-34H,3-4,10H2,1-2H3,(H,35,37)(H,41,42)/t17-/m1/s1. The molecule has 1 fully saturated rings. The third-order valence-electron chi connectivity index (χ3n) is 7.47. The Bertz CT molecular complexity index is 1990. The molecule has 10 nitrogen and oxygen atoms in total. The molecular weight excluding hydrogens is 565 g/mol. The molecule has 1 aliphatic rings. The third-order valence-corrected chi connectivity index (χ3v) is 7.47. The number of halogens is 5. The van der Waals surface area contributed by atoms with E-state index in [1.165, 1.54) is 42.0 Å². The molecule has 5 heterocycles. The molecule has 0 radical (unpaired) electrons. The van der Waals surface area contributed by atoms with Crippen LogP contribution >= 0.6 is 0 Å². The summed E-state index contributed by atoms with van der Waals surface area (Å²) < 4.78 is 73.1. The zero-order valence-electron chi connectivity index (χ0n) is 22.0. The van der Waals surface area contributed by atoms with E-state index >= 15 is 4.39 Å². The van der Waals surface area contributed by atoms with Gasteiger partial charge in [-0.1, -0.05) is 0 Å². The van der Waals surface area contributed by atoms with Crippen molar-refractivity contribution >= 4 is 50.3 Å². The summed E-state index contributed by atoms with van der Waals surface area (Å²) in [6, 6.07) is 0.418. The highest BCUT2D eigenvalue weighted by Crippen LogP contribution is 2.44. The molecule has 0 spiro atoms. The minimum atomic E-state index is -4.59. The summed E-state index contributed by atoms with van der Waals surface area (Å²) in [4.78, 5) is 37.8. The fourth-order valence-corrected chi connectivity index (χ4v) is 5.52. The second-order valence-corrected chi connectivity index (χ2v) is 9.97. The Morgan fingerprint density at radius 1 is 1.17 bits per heavy atom. The summed E-state index contributed by atoms with van der Waals surface area (Å²) in [5.41, 5.74) is -0.128. The summed E-state index contributed by atoms with van der Waals surface area (Å²) in [7, 11) is 3.02. The molecule has 1 aromatic carbocycles. The molecule has 4 N–H and O–H groups in total. The Labute approximate surface area is 232 Å². The summed E-state index contributed by atoms with van der Waals surface area (Å²) >= 11 is 0. The first kappa shape index (κ1) is 27.4. The molecule has 1 aliphatic heterocycles. The summed E-state index contributed by atoms with van der Waals surface area (Å²) in [5, 5.41) is 14.5. The number of carboxylic acids is 1. The fraction of sp³-hybridized carbons (Fsp3) is 0.259. The predicted octanol–water partition coefficient (Wildman–Crippen LogP) is 3.99. The molecule has 0 unspecified atom stereocenters. The average Bonchev–Trinajstić information content (AvgIpc) is 3.35. The molecule has 218 valence electrons. The number of rotatable bonds is 4. The largest absolute Gasteiger partial charge is 0.477 e. The van der Waals surface area contributed by atoms with Gasteiger partial charge in [-0.3, -0.25) is 4.79 Å². The van der Waals surface area contributed by atoms with Crippen LogP contribution in [-0.2, 0) is 7.05 Å². The molecule has 0 saturated carbocycles. The van der Waals surface area contributed by atoms with Gasteiger partial charge in [0.05, 0.1) is 33.1 Å². The van der Waals surface area contributed by atoms with E-state index in [0.29, 0.717) is 0 Å². The number of nitrogens with one attached hydrogen (secondary N) is 3. The lowest BCUT2D eigenvalue weighted by Gasteiger charge is -2.37. The van der Waals surface area contributed by atoms with Crippen LogP contribution < -0.4 is 21.0 Å². The second-order valence-electron chi connectivity index (χ2n) is 9.97. The number of alkyl halides is 3. The number of carbonyl (C=O) groups is 1. The SMILES string of the molecule is CNc1cc(F)c(F)c2c1[nH]c1ncc(-c3cnc4c(c3)c(=O)c(C(=O)O)cn4C)c(N3CCN[C@@H](C(F)(F)F)C3)c12. The summed E-state index contributed by atoms with van der Waals surface area (Å²) in [6.07, 6.45) is -0.743. The monoisotopic (exact) mass is 587 g/mol. The number of benzene rings is 1. The first-order chi connectivity index (χ1) is 19.9. The molecule has 5 aromatic rings. The van der Waals surface area contributed by atoms with Gasteiger partial charge in [-0.15, -0.1) is 0 Å². The van der Waals surface area contributed by atoms with E-state index in [9.17, 15) is 32.3 Å². The Morgan fingerprint density at radius 2 is 1.93 bits per heavy atom. The fourth-order valence-electron chi connectivity index (χ4n) is 5.52. The van der Waals surface area contributed by atoms with Crippen molar-refractivity contribution in [2.75, 3.05) is 36.9 Å². The molecule has 1 saturated heterocycles. The van der Waals surface area contributed by atoms with Gasteiger partial charge in [0.2, 0.25) is 5.43 Å². The molecule has 0 bridgehead atoms. The van der Waals surface area contributed by atoms with Crippen LogP contribution in [0.1, 0.15) is 10.4 Å². The number of anilines is 2. The molecule has 6 rings (SSSR count). The van der Waals surface area contributed by atoms with E-state index in [0.717, 1.165) is 12.3 Å². The van der Waals surface area contributed by atoms with Crippen LogP contribution in [0.4, 0.5) is 33.3 Å². The maximum absolute atomic E-state index is 15.5. The van der Waals surface area contributed by atoms with Crippen molar-refractivity contribution in [2.24, 2.45) is 7.05 Å². The van der Waals surface area contributed by atoms with Crippen LogP contribution in [0, 0.1) is 11.6 Å². The first-order valence-electron chi connectivity index (χ1n) is 12.7. The van der Waals surface area contributed by atoms with Crippen molar-refractivity contribution in [3.05, 3.63) is 58.1 Å². The first-order valence-corrected chi connectivity index (χ1v) is 12.7. The molecule has 1 atom stereocenters. The zero-order valence-corrected chi connectivity index (χ0v) is 22.0. The van der Waals surface area contributed by atoms with Crippen LogP contribution in [0.25, 0.3) is 44.1 Å². The molecule has 15 heteroatoms. The molecule has 42 heavy (non-hydrogen) atoms. The number of hydrogen-bond acceptors (Lipinski definition) is 7. The number of aryl methyl sites for hydroxylation is 1. The van der Waals surface area contributed by atoms with E-state index in [1.54, 1.807) is 0 Å². The number of aromatic amines is 1. The van der Waals surface area contributed by atoms with E-state index in [4.69, 9.17) is 0 Å². The lowest BCUT2D eigenvalue weighted by atomic mass is 10.00. The molecule has 4 aromatic heterocycles. The Hall–Kier alpha value is -4.79. The highest BCUT2D eigenvalue weighted by molar-refractivity contribution is 6.18. The number of hydrogen-bond donors (Lipinski definition) is 4. The van der Waals surface area contributed by atoms with Crippen molar-refractivity contribution in [1.82, 2.24) is 24.8 Å². The van der Waals surface area contributed by atoms with Crippen molar-refractivity contribution in [2.45, 2.75) is 12.2 Å². The third kappa shape index (κ3) is 4.19. The van der Waals surface area contributed by atoms with E-state index < -0.39 is 47.4 Å².